The Labute approximate surface area is 163 Å². The van der Waals surface area contributed by atoms with Crippen LogP contribution >= 0.6 is 0 Å². The van der Waals surface area contributed by atoms with E-state index in [-0.39, 0.29) is 0 Å². The number of aliphatic imine (C=N–C) groups is 1. The van der Waals surface area contributed by atoms with Gasteiger partial charge in [0, 0.05) is 37.9 Å². The molecule has 6 nitrogen and oxygen atoms in total. The summed E-state index contributed by atoms with van der Waals surface area (Å²) in [6, 6.07) is 10.6. The first-order valence-corrected chi connectivity index (χ1v) is 9.75. The minimum atomic E-state index is 0.648. The molecule has 0 unspecified atom stereocenters. The molecule has 0 saturated heterocycles. The Bertz CT molecular complexity index is 720. The second-order valence-corrected chi connectivity index (χ2v) is 6.97. The van der Waals surface area contributed by atoms with Crippen molar-refractivity contribution in [1.29, 1.82) is 0 Å². The van der Waals surface area contributed by atoms with Gasteiger partial charge in [0.1, 0.15) is 0 Å². The maximum absolute atomic E-state index is 4.73. The summed E-state index contributed by atoms with van der Waals surface area (Å²) in [4.78, 5) is 7.08. The van der Waals surface area contributed by atoms with E-state index in [9.17, 15) is 0 Å². The summed E-state index contributed by atoms with van der Waals surface area (Å²) in [6.45, 7) is 10.6. The highest BCUT2D eigenvalue weighted by Crippen LogP contribution is 2.12. The van der Waals surface area contributed by atoms with Gasteiger partial charge in [0.25, 0.3) is 0 Å². The largest absolute Gasteiger partial charge is 0.357 e. The van der Waals surface area contributed by atoms with Gasteiger partial charge in [-0.15, -0.1) is 0 Å². The van der Waals surface area contributed by atoms with Crippen molar-refractivity contribution in [3.8, 4) is 0 Å². The smallest absolute Gasteiger partial charge is 0.191 e. The Morgan fingerprint density at radius 2 is 1.93 bits per heavy atom. The summed E-state index contributed by atoms with van der Waals surface area (Å²) < 4.78 is 1.92. The van der Waals surface area contributed by atoms with E-state index < -0.39 is 0 Å². The Balaban J connectivity index is 1.78. The second kappa shape index (κ2) is 10.7. The Morgan fingerprint density at radius 1 is 1.19 bits per heavy atom. The number of nitrogens with zero attached hydrogens (tertiary/aromatic N) is 4. The van der Waals surface area contributed by atoms with Crippen LogP contribution in [-0.2, 0) is 20.1 Å². The van der Waals surface area contributed by atoms with Crippen molar-refractivity contribution >= 4 is 5.96 Å². The molecule has 1 heterocycles. The number of rotatable bonds is 9. The van der Waals surface area contributed by atoms with Crippen LogP contribution in [0.4, 0.5) is 0 Å². The molecule has 0 radical (unpaired) electrons. The molecule has 2 aromatic rings. The highest BCUT2D eigenvalue weighted by molar-refractivity contribution is 5.79. The van der Waals surface area contributed by atoms with Gasteiger partial charge < -0.3 is 15.5 Å². The maximum Gasteiger partial charge on any atom is 0.191 e. The molecule has 0 aliphatic heterocycles. The lowest BCUT2D eigenvalue weighted by Crippen LogP contribution is -2.38. The van der Waals surface area contributed by atoms with Gasteiger partial charge in [-0.3, -0.25) is 4.68 Å². The minimum Gasteiger partial charge on any atom is -0.357 e. The lowest BCUT2D eigenvalue weighted by molar-refractivity contribution is 0.322. The number of aromatic nitrogens is 2. The molecule has 6 heteroatoms. The minimum absolute atomic E-state index is 0.648. The molecule has 0 fully saturated rings. The van der Waals surface area contributed by atoms with Crippen LogP contribution in [-0.4, -0.2) is 47.3 Å². The summed E-state index contributed by atoms with van der Waals surface area (Å²) in [5.74, 6) is 0.867. The summed E-state index contributed by atoms with van der Waals surface area (Å²) >= 11 is 0. The molecule has 0 aliphatic carbocycles. The van der Waals surface area contributed by atoms with Crippen LogP contribution in [0.2, 0.25) is 0 Å². The lowest BCUT2D eigenvalue weighted by Gasteiger charge is -2.17. The summed E-state index contributed by atoms with van der Waals surface area (Å²) in [5, 5.41) is 11.2. The molecular weight excluding hydrogens is 336 g/mol. The van der Waals surface area contributed by atoms with Crippen molar-refractivity contribution in [3.63, 3.8) is 0 Å². The van der Waals surface area contributed by atoms with Gasteiger partial charge in [0.2, 0.25) is 0 Å². The van der Waals surface area contributed by atoms with Crippen LogP contribution in [0.5, 0.6) is 0 Å². The van der Waals surface area contributed by atoms with Crippen molar-refractivity contribution in [2.24, 2.45) is 12.0 Å². The second-order valence-electron chi connectivity index (χ2n) is 6.97. The average molecular weight is 371 g/mol. The molecule has 2 N–H and O–H groups in total. The van der Waals surface area contributed by atoms with Gasteiger partial charge in [-0.25, -0.2) is 4.99 Å². The highest BCUT2D eigenvalue weighted by Gasteiger charge is 2.09. The fourth-order valence-corrected chi connectivity index (χ4v) is 3.08. The van der Waals surface area contributed by atoms with Gasteiger partial charge in [0.05, 0.1) is 12.2 Å². The van der Waals surface area contributed by atoms with Crippen LogP contribution < -0.4 is 10.6 Å². The van der Waals surface area contributed by atoms with Gasteiger partial charge in [-0.05, 0) is 46.3 Å². The van der Waals surface area contributed by atoms with Crippen LogP contribution in [0.25, 0.3) is 0 Å². The normalized spacial score (nSPS) is 11.9. The van der Waals surface area contributed by atoms with Crippen LogP contribution in [0.15, 0.2) is 35.3 Å². The average Bonchev–Trinajstić information content (AvgIpc) is 2.89. The van der Waals surface area contributed by atoms with E-state index in [0.29, 0.717) is 6.54 Å². The fourth-order valence-electron chi connectivity index (χ4n) is 3.08. The fraction of sp³-hybridized carbons (Fsp3) is 0.524. The van der Waals surface area contributed by atoms with Crippen molar-refractivity contribution in [3.05, 3.63) is 52.8 Å². The third-order valence-electron chi connectivity index (χ3n) is 4.70. The number of benzene rings is 1. The van der Waals surface area contributed by atoms with E-state index in [1.807, 2.05) is 18.7 Å². The first kappa shape index (κ1) is 21.0. The molecule has 1 aromatic heterocycles. The lowest BCUT2D eigenvalue weighted by atomic mass is 10.2. The monoisotopic (exact) mass is 370 g/mol. The Morgan fingerprint density at radius 3 is 2.56 bits per heavy atom. The zero-order chi connectivity index (χ0) is 19.6. The number of hydrogen-bond acceptors (Lipinski definition) is 3. The first-order chi connectivity index (χ1) is 13.0. The summed E-state index contributed by atoms with van der Waals surface area (Å²) in [6.07, 6.45) is 1.07. The number of guanidine groups is 1. The van der Waals surface area contributed by atoms with Crippen molar-refractivity contribution in [2.75, 3.05) is 26.7 Å². The van der Waals surface area contributed by atoms with E-state index in [4.69, 9.17) is 4.99 Å². The molecular formula is C21H34N6. The highest BCUT2D eigenvalue weighted by atomic mass is 15.3. The van der Waals surface area contributed by atoms with Crippen molar-refractivity contribution in [1.82, 2.24) is 25.3 Å². The molecule has 0 aliphatic rings. The van der Waals surface area contributed by atoms with Crippen molar-refractivity contribution < 1.29 is 0 Å². The van der Waals surface area contributed by atoms with E-state index in [0.717, 1.165) is 44.3 Å². The van der Waals surface area contributed by atoms with Gasteiger partial charge in [-0.2, -0.15) is 5.10 Å². The first-order valence-electron chi connectivity index (χ1n) is 9.75. The molecule has 2 rings (SSSR count). The van der Waals surface area contributed by atoms with E-state index in [1.165, 1.54) is 16.8 Å². The Hall–Kier alpha value is -2.34. The third-order valence-corrected chi connectivity index (χ3v) is 4.70. The van der Waals surface area contributed by atoms with E-state index in [2.05, 4.69) is 71.9 Å². The summed E-state index contributed by atoms with van der Waals surface area (Å²) in [7, 11) is 4.14. The molecule has 148 valence electrons. The van der Waals surface area contributed by atoms with E-state index in [1.54, 1.807) is 0 Å². The zero-order valence-corrected chi connectivity index (χ0v) is 17.4. The van der Waals surface area contributed by atoms with Gasteiger partial charge in [0.15, 0.2) is 5.96 Å². The topological polar surface area (TPSA) is 57.5 Å². The predicted octanol–water partition coefficient (Wildman–Crippen LogP) is 2.61. The van der Waals surface area contributed by atoms with Crippen molar-refractivity contribution in [2.45, 2.75) is 40.3 Å². The number of nitrogens with one attached hydrogen (secondary N) is 2. The van der Waals surface area contributed by atoms with Gasteiger partial charge >= 0.3 is 0 Å². The van der Waals surface area contributed by atoms with Gasteiger partial charge in [-0.1, -0.05) is 30.3 Å². The molecule has 0 spiro atoms. The molecule has 0 bridgehead atoms. The summed E-state index contributed by atoms with van der Waals surface area (Å²) in [5.41, 5.74) is 4.79. The molecule has 0 saturated carbocycles. The number of hydrogen-bond donors (Lipinski definition) is 2. The predicted molar refractivity (Wildman–Crippen MR) is 113 cm³/mol. The third kappa shape index (κ3) is 6.71. The number of aryl methyl sites for hydroxylation is 2. The molecule has 1 aromatic carbocycles. The molecule has 27 heavy (non-hydrogen) atoms. The van der Waals surface area contributed by atoms with Crippen LogP contribution in [0.3, 0.4) is 0 Å². The maximum atomic E-state index is 4.73. The standard InChI is InChI=1S/C21H34N6/c1-6-22-21(24-15-20-17(2)25-27(5)18(20)3)23-13-10-14-26(4)16-19-11-8-7-9-12-19/h7-9,11-12H,6,10,13-16H2,1-5H3,(H2,22,23,24). The van der Waals surface area contributed by atoms with Crippen LogP contribution in [0.1, 0.15) is 35.9 Å². The Kier molecular flexibility index (Phi) is 8.33. The van der Waals surface area contributed by atoms with Crippen LogP contribution in [0, 0.1) is 13.8 Å². The molecule has 0 amide bonds. The van der Waals surface area contributed by atoms with E-state index >= 15 is 0 Å². The zero-order valence-electron chi connectivity index (χ0n) is 17.4. The quantitative estimate of drug-likeness (QED) is 0.405. The SMILES string of the molecule is CCNC(=NCc1c(C)nn(C)c1C)NCCCN(C)Cc1ccccc1. The molecule has 0 atom stereocenters.